The molecule has 10 heteroatoms. The zero-order chi connectivity index (χ0) is 14.6. The highest BCUT2D eigenvalue weighted by Gasteiger charge is 2.23. The van der Waals surface area contributed by atoms with Gasteiger partial charge in [-0.1, -0.05) is 0 Å². The van der Waals surface area contributed by atoms with Crippen LogP contribution in [0.4, 0.5) is 0 Å². The van der Waals surface area contributed by atoms with Crippen molar-refractivity contribution in [1.29, 1.82) is 0 Å². The number of ether oxygens (including phenoxy) is 1. The van der Waals surface area contributed by atoms with Gasteiger partial charge in [-0.05, 0) is 28.9 Å². The van der Waals surface area contributed by atoms with Crippen LogP contribution in [0.1, 0.15) is 16.6 Å². The first kappa shape index (κ1) is 16.1. The number of halogens is 1. The molecule has 0 saturated heterocycles. The van der Waals surface area contributed by atoms with Crippen molar-refractivity contribution in [3.63, 3.8) is 0 Å². The number of rotatable bonds is 6. The number of hydrogen-bond donors (Lipinski definition) is 2. The normalized spacial score (nSPS) is 11.3. The van der Waals surface area contributed by atoms with Crippen LogP contribution in [0.5, 0.6) is 0 Å². The van der Waals surface area contributed by atoms with Crippen LogP contribution < -0.4 is 4.72 Å². The minimum Gasteiger partial charge on any atom is -0.477 e. The SMILES string of the molecule is CCOC(=O)CNS(=O)(=O)c1cc(C(=O)O)sc1Br. The molecule has 0 bridgehead atoms. The summed E-state index contributed by atoms with van der Waals surface area (Å²) in [5, 5.41) is 8.78. The molecular weight excluding hydrogens is 362 g/mol. The van der Waals surface area contributed by atoms with Gasteiger partial charge < -0.3 is 9.84 Å². The number of sulfonamides is 1. The zero-order valence-corrected chi connectivity index (χ0v) is 12.9. The number of carbonyl (C=O) groups excluding carboxylic acids is 1. The predicted molar refractivity (Wildman–Crippen MR) is 70.8 cm³/mol. The molecule has 0 radical (unpaired) electrons. The highest BCUT2D eigenvalue weighted by molar-refractivity contribution is 9.11. The third kappa shape index (κ3) is 4.27. The lowest BCUT2D eigenvalue weighted by Crippen LogP contribution is -2.30. The molecule has 106 valence electrons. The third-order valence-electron chi connectivity index (χ3n) is 1.87. The van der Waals surface area contributed by atoms with Crippen LogP contribution in [0, 0.1) is 0 Å². The Balaban J connectivity index is 2.89. The lowest BCUT2D eigenvalue weighted by Gasteiger charge is -2.05. The number of nitrogens with one attached hydrogen (secondary N) is 1. The van der Waals surface area contributed by atoms with Gasteiger partial charge >= 0.3 is 11.9 Å². The molecule has 0 aliphatic heterocycles. The van der Waals surface area contributed by atoms with E-state index in [1.165, 1.54) is 0 Å². The van der Waals surface area contributed by atoms with Crippen molar-refractivity contribution in [2.75, 3.05) is 13.2 Å². The number of hydrogen-bond acceptors (Lipinski definition) is 6. The van der Waals surface area contributed by atoms with E-state index in [2.05, 4.69) is 20.7 Å². The summed E-state index contributed by atoms with van der Waals surface area (Å²) in [5.74, 6) is -1.94. The maximum absolute atomic E-state index is 11.9. The van der Waals surface area contributed by atoms with E-state index in [1.807, 2.05) is 4.72 Å². The van der Waals surface area contributed by atoms with E-state index in [1.54, 1.807) is 6.92 Å². The Kier molecular flexibility index (Phi) is 5.47. The summed E-state index contributed by atoms with van der Waals surface area (Å²) in [6.45, 7) is 1.23. The molecule has 19 heavy (non-hydrogen) atoms. The van der Waals surface area contributed by atoms with Gasteiger partial charge in [0.2, 0.25) is 10.0 Å². The first-order valence-electron chi connectivity index (χ1n) is 4.96. The van der Waals surface area contributed by atoms with Crippen LogP contribution in [0.3, 0.4) is 0 Å². The second kappa shape index (κ2) is 6.46. The van der Waals surface area contributed by atoms with Gasteiger partial charge in [0, 0.05) is 0 Å². The van der Waals surface area contributed by atoms with Crippen LogP contribution in [0.15, 0.2) is 14.7 Å². The smallest absolute Gasteiger partial charge is 0.345 e. The number of thiophene rings is 1. The molecule has 1 heterocycles. The van der Waals surface area contributed by atoms with Gasteiger partial charge in [-0.15, -0.1) is 11.3 Å². The zero-order valence-electron chi connectivity index (χ0n) is 9.67. The summed E-state index contributed by atoms with van der Waals surface area (Å²) < 4.78 is 30.5. The third-order valence-corrected chi connectivity index (χ3v) is 5.51. The Labute approximate surface area is 121 Å². The first-order chi connectivity index (χ1) is 8.77. The average molecular weight is 372 g/mol. The largest absolute Gasteiger partial charge is 0.477 e. The number of aromatic carboxylic acids is 1. The van der Waals surface area contributed by atoms with Gasteiger partial charge in [-0.25, -0.2) is 13.2 Å². The molecule has 0 atom stereocenters. The van der Waals surface area contributed by atoms with E-state index in [4.69, 9.17) is 5.11 Å². The highest BCUT2D eigenvalue weighted by Crippen LogP contribution is 2.31. The molecule has 0 aliphatic carbocycles. The Morgan fingerprint density at radius 3 is 2.63 bits per heavy atom. The number of carboxylic acid groups (broad SMARTS) is 1. The molecule has 0 spiro atoms. The van der Waals surface area contributed by atoms with Crippen LogP contribution in [-0.4, -0.2) is 38.6 Å². The van der Waals surface area contributed by atoms with Crippen molar-refractivity contribution in [2.45, 2.75) is 11.8 Å². The van der Waals surface area contributed by atoms with Crippen molar-refractivity contribution in [1.82, 2.24) is 4.72 Å². The molecule has 0 aliphatic rings. The maximum atomic E-state index is 11.9. The molecule has 0 unspecified atom stereocenters. The van der Waals surface area contributed by atoms with Crippen molar-refractivity contribution >= 4 is 49.2 Å². The summed E-state index contributed by atoms with van der Waals surface area (Å²) in [6.07, 6.45) is 0. The minimum atomic E-state index is -3.97. The van der Waals surface area contributed by atoms with E-state index in [9.17, 15) is 18.0 Å². The number of esters is 1. The van der Waals surface area contributed by atoms with E-state index in [-0.39, 0.29) is 20.2 Å². The summed E-state index contributed by atoms with van der Waals surface area (Å²) in [5.41, 5.74) is 0. The Morgan fingerprint density at radius 2 is 2.16 bits per heavy atom. The topological polar surface area (TPSA) is 110 Å². The van der Waals surface area contributed by atoms with Crippen LogP contribution in [0.25, 0.3) is 0 Å². The summed E-state index contributed by atoms with van der Waals surface area (Å²) >= 11 is 3.75. The van der Waals surface area contributed by atoms with Crippen molar-refractivity contribution in [2.24, 2.45) is 0 Å². The van der Waals surface area contributed by atoms with Gasteiger partial charge in [0.1, 0.15) is 16.3 Å². The molecular formula is C9H10BrNO6S2. The molecule has 2 N–H and O–H groups in total. The Bertz CT molecular complexity index is 594. The Morgan fingerprint density at radius 1 is 1.53 bits per heavy atom. The van der Waals surface area contributed by atoms with Crippen LogP contribution >= 0.6 is 27.3 Å². The second-order valence-electron chi connectivity index (χ2n) is 3.18. The lowest BCUT2D eigenvalue weighted by atomic mass is 10.5. The summed E-state index contributed by atoms with van der Waals surface area (Å²) in [7, 11) is -3.97. The van der Waals surface area contributed by atoms with Crippen molar-refractivity contribution < 1.29 is 27.9 Å². The van der Waals surface area contributed by atoms with Crippen molar-refractivity contribution in [3.05, 3.63) is 14.7 Å². The standard InChI is InChI=1S/C9H10BrNO6S2/c1-2-17-7(12)4-11-19(15,16)6-3-5(9(13)14)18-8(6)10/h3,11H,2,4H2,1H3,(H,13,14). The van der Waals surface area contributed by atoms with Gasteiger partial charge in [0.15, 0.2) is 0 Å². The van der Waals surface area contributed by atoms with Gasteiger partial charge in [0.25, 0.3) is 0 Å². The van der Waals surface area contributed by atoms with E-state index in [0.717, 1.165) is 17.4 Å². The fourth-order valence-corrected chi connectivity index (χ4v) is 4.45. The molecule has 0 amide bonds. The average Bonchev–Trinajstić information content (AvgIpc) is 2.70. The molecule has 7 nitrogen and oxygen atoms in total. The maximum Gasteiger partial charge on any atom is 0.345 e. The molecule has 1 aromatic heterocycles. The molecule has 0 fully saturated rings. The molecule has 1 rings (SSSR count). The second-order valence-corrected chi connectivity index (χ2v) is 7.29. The fraction of sp³-hybridized carbons (Fsp3) is 0.333. The quantitative estimate of drug-likeness (QED) is 0.723. The fourth-order valence-electron chi connectivity index (χ4n) is 1.08. The minimum absolute atomic E-state index is 0.122. The van der Waals surface area contributed by atoms with Crippen molar-refractivity contribution in [3.8, 4) is 0 Å². The first-order valence-corrected chi connectivity index (χ1v) is 8.05. The van der Waals surface area contributed by atoms with Gasteiger partial charge in [-0.2, -0.15) is 4.72 Å². The number of carboxylic acids is 1. The predicted octanol–water partition coefficient (Wildman–Crippen LogP) is 1.05. The van der Waals surface area contributed by atoms with E-state index >= 15 is 0 Å². The van der Waals surface area contributed by atoms with Crippen LogP contribution in [-0.2, 0) is 19.6 Å². The van der Waals surface area contributed by atoms with Gasteiger partial charge in [0.05, 0.1) is 10.4 Å². The number of carbonyl (C=O) groups is 2. The van der Waals surface area contributed by atoms with E-state index < -0.39 is 28.5 Å². The molecule has 1 aromatic rings. The summed E-state index contributed by atoms with van der Waals surface area (Å²) in [4.78, 5) is 21.5. The Hall–Kier alpha value is -0.970. The highest BCUT2D eigenvalue weighted by atomic mass is 79.9. The van der Waals surface area contributed by atoms with E-state index in [0.29, 0.717) is 0 Å². The molecule has 0 saturated carbocycles. The lowest BCUT2D eigenvalue weighted by molar-refractivity contribution is -0.141. The molecule has 0 aromatic carbocycles. The monoisotopic (exact) mass is 371 g/mol. The van der Waals surface area contributed by atoms with Crippen LogP contribution in [0.2, 0.25) is 0 Å². The van der Waals surface area contributed by atoms with Gasteiger partial charge in [-0.3, -0.25) is 4.79 Å². The summed E-state index contributed by atoms with van der Waals surface area (Å²) in [6, 6.07) is 1.02.